The largest absolute Gasteiger partial charge is 0.494 e. The summed E-state index contributed by atoms with van der Waals surface area (Å²) >= 11 is 0. The minimum atomic E-state index is -0.343. The molecule has 0 saturated heterocycles. The molecule has 2 nitrogen and oxygen atoms in total. The Morgan fingerprint density at radius 1 is 1.50 bits per heavy atom. The third-order valence-corrected chi connectivity index (χ3v) is 2.41. The molecule has 86 valence electrons. The van der Waals surface area contributed by atoms with E-state index in [0.29, 0.717) is 6.42 Å². The van der Waals surface area contributed by atoms with Crippen molar-refractivity contribution in [2.75, 3.05) is 14.2 Å². The zero-order valence-corrected chi connectivity index (χ0v) is 9.80. The summed E-state index contributed by atoms with van der Waals surface area (Å²) in [5, 5.41) is 3.11. The number of halogens is 1. The predicted molar refractivity (Wildman–Crippen MR) is 62.8 cm³/mol. The SMILES string of the molecule is CC#CCC(NC)c1ccc(OC)c(F)c1. The van der Waals surface area contributed by atoms with Crippen molar-refractivity contribution in [2.24, 2.45) is 0 Å². The van der Waals surface area contributed by atoms with Gasteiger partial charge in [-0.25, -0.2) is 4.39 Å². The molecule has 0 bridgehead atoms. The summed E-state index contributed by atoms with van der Waals surface area (Å²) in [5.74, 6) is 5.73. The first kappa shape index (κ1) is 12.5. The maximum atomic E-state index is 13.5. The number of methoxy groups -OCH3 is 1. The van der Waals surface area contributed by atoms with E-state index in [1.165, 1.54) is 13.2 Å². The van der Waals surface area contributed by atoms with Crippen molar-refractivity contribution in [1.82, 2.24) is 5.32 Å². The second kappa shape index (κ2) is 6.14. The number of hydrogen-bond acceptors (Lipinski definition) is 2. The molecule has 0 aliphatic carbocycles. The molecule has 0 fully saturated rings. The van der Waals surface area contributed by atoms with Crippen LogP contribution >= 0.6 is 0 Å². The highest BCUT2D eigenvalue weighted by Crippen LogP contribution is 2.23. The quantitative estimate of drug-likeness (QED) is 0.789. The van der Waals surface area contributed by atoms with Gasteiger partial charge >= 0.3 is 0 Å². The lowest BCUT2D eigenvalue weighted by atomic mass is 10.0. The lowest BCUT2D eigenvalue weighted by molar-refractivity contribution is 0.385. The normalized spacial score (nSPS) is 11.5. The summed E-state index contributed by atoms with van der Waals surface area (Å²) in [4.78, 5) is 0. The third kappa shape index (κ3) is 2.98. The monoisotopic (exact) mass is 221 g/mol. The zero-order valence-electron chi connectivity index (χ0n) is 9.80. The summed E-state index contributed by atoms with van der Waals surface area (Å²) in [7, 11) is 3.29. The van der Waals surface area contributed by atoms with Gasteiger partial charge in [-0.2, -0.15) is 0 Å². The molecule has 1 rings (SSSR count). The van der Waals surface area contributed by atoms with Gasteiger partial charge in [0.05, 0.1) is 7.11 Å². The van der Waals surface area contributed by atoms with Crippen LogP contribution in [-0.4, -0.2) is 14.2 Å². The Hall–Kier alpha value is -1.53. The van der Waals surface area contributed by atoms with Crippen LogP contribution in [0.1, 0.15) is 24.9 Å². The van der Waals surface area contributed by atoms with Gasteiger partial charge in [0.2, 0.25) is 0 Å². The Balaban J connectivity index is 2.91. The Morgan fingerprint density at radius 3 is 2.75 bits per heavy atom. The number of benzene rings is 1. The fraction of sp³-hybridized carbons (Fsp3) is 0.385. The zero-order chi connectivity index (χ0) is 12.0. The Bertz CT molecular complexity index is 406. The molecule has 1 aromatic rings. The maximum Gasteiger partial charge on any atom is 0.165 e. The minimum Gasteiger partial charge on any atom is -0.494 e. The second-order valence-electron chi connectivity index (χ2n) is 3.37. The van der Waals surface area contributed by atoms with Crippen LogP contribution in [0.2, 0.25) is 0 Å². The van der Waals surface area contributed by atoms with E-state index in [9.17, 15) is 4.39 Å². The van der Waals surface area contributed by atoms with E-state index >= 15 is 0 Å². The number of hydrogen-bond donors (Lipinski definition) is 1. The lowest BCUT2D eigenvalue weighted by Gasteiger charge is -2.14. The van der Waals surface area contributed by atoms with E-state index in [0.717, 1.165) is 5.56 Å². The van der Waals surface area contributed by atoms with E-state index in [4.69, 9.17) is 4.74 Å². The van der Waals surface area contributed by atoms with Gasteiger partial charge in [0.15, 0.2) is 11.6 Å². The molecule has 0 aromatic heterocycles. The maximum absolute atomic E-state index is 13.5. The molecule has 3 heteroatoms. The molecule has 1 unspecified atom stereocenters. The van der Waals surface area contributed by atoms with Gasteiger partial charge in [0, 0.05) is 12.5 Å². The molecule has 1 atom stereocenters. The van der Waals surface area contributed by atoms with Crippen LogP contribution in [-0.2, 0) is 0 Å². The Morgan fingerprint density at radius 2 is 2.25 bits per heavy atom. The summed E-state index contributed by atoms with van der Waals surface area (Å²) in [6, 6.07) is 5.01. The summed E-state index contributed by atoms with van der Waals surface area (Å²) in [5.41, 5.74) is 0.878. The number of ether oxygens (including phenoxy) is 1. The first-order valence-electron chi connectivity index (χ1n) is 5.13. The van der Waals surface area contributed by atoms with Crippen LogP contribution in [0.25, 0.3) is 0 Å². The van der Waals surface area contributed by atoms with Crippen molar-refractivity contribution in [2.45, 2.75) is 19.4 Å². The molecule has 0 spiro atoms. The molecule has 0 amide bonds. The average Bonchev–Trinajstić information content (AvgIpc) is 2.30. The van der Waals surface area contributed by atoms with Gasteiger partial charge in [-0.05, 0) is 31.7 Å². The van der Waals surface area contributed by atoms with E-state index in [2.05, 4.69) is 17.2 Å². The topological polar surface area (TPSA) is 21.3 Å². The molecular weight excluding hydrogens is 205 g/mol. The highest BCUT2D eigenvalue weighted by Gasteiger charge is 2.10. The molecule has 0 aliphatic rings. The van der Waals surface area contributed by atoms with Crippen LogP contribution < -0.4 is 10.1 Å². The van der Waals surface area contributed by atoms with Crippen molar-refractivity contribution in [1.29, 1.82) is 0 Å². The van der Waals surface area contributed by atoms with Crippen molar-refractivity contribution in [3.63, 3.8) is 0 Å². The highest BCUT2D eigenvalue weighted by molar-refractivity contribution is 5.31. The van der Waals surface area contributed by atoms with E-state index in [1.54, 1.807) is 13.0 Å². The molecule has 0 radical (unpaired) electrons. The molecule has 16 heavy (non-hydrogen) atoms. The molecular formula is C13H16FNO. The summed E-state index contributed by atoms with van der Waals surface area (Å²) in [6.45, 7) is 1.79. The Kier molecular flexibility index (Phi) is 4.81. The molecule has 0 aliphatic heterocycles. The van der Waals surface area contributed by atoms with Gasteiger partial charge in [-0.15, -0.1) is 11.8 Å². The van der Waals surface area contributed by atoms with Crippen LogP contribution in [0.15, 0.2) is 18.2 Å². The average molecular weight is 221 g/mol. The van der Waals surface area contributed by atoms with Gasteiger partial charge in [-0.3, -0.25) is 0 Å². The number of rotatable bonds is 4. The fourth-order valence-electron chi connectivity index (χ4n) is 1.49. The molecule has 0 heterocycles. The van der Waals surface area contributed by atoms with E-state index in [-0.39, 0.29) is 17.6 Å². The van der Waals surface area contributed by atoms with Crippen LogP contribution in [0.4, 0.5) is 4.39 Å². The van der Waals surface area contributed by atoms with E-state index < -0.39 is 0 Å². The fourth-order valence-corrected chi connectivity index (χ4v) is 1.49. The Labute approximate surface area is 95.8 Å². The predicted octanol–water partition coefficient (Wildman–Crippen LogP) is 2.51. The van der Waals surface area contributed by atoms with Crippen LogP contribution in [0, 0.1) is 17.7 Å². The lowest BCUT2D eigenvalue weighted by Crippen LogP contribution is -2.15. The van der Waals surface area contributed by atoms with Gasteiger partial charge < -0.3 is 10.1 Å². The minimum absolute atomic E-state index is 0.0489. The molecule has 1 N–H and O–H groups in total. The van der Waals surface area contributed by atoms with Crippen molar-refractivity contribution < 1.29 is 9.13 Å². The van der Waals surface area contributed by atoms with Crippen molar-refractivity contribution in [3.05, 3.63) is 29.6 Å². The van der Waals surface area contributed by atoms with Crippen LogP contribution in [0.3, 0.4) is 0 Å². The smallest absolute Gasteiger partial charge is 0.165 e. The first-order chi connectivity index (χ1) is 7.72. The van der Waals surface area contributed by atoms with Gasteiger partial charge in [0.1, 0.15) is 0 Å². The summed E-state index contributed by atoms with van der Waals surface area (Å²) in [6.07, 6.45) is 0.665. The molecule has 1 aromatic carbocycles. The third-order valence-electron chi connectivity index (χ3n) is 2.41. The summed E-state index contributed by atoms with van der Waals surface area (Å²) < 4.78 is 18.4. The van der Waals surface area contributed by atoms with Crippen molar-refractivity contribution in [3.8, 4) is 17.6 Å². The standard InChI is InChI=1S/C13H16FNO/c1-4-5-6-12(15-2)10-7-8-13(16-3)11(14)9-10/h7-9,12,15H,6H2,1-3H3. The van der Waals surface area contributed by atoms with Gasteiger partial charge in [0.25, 0.3) is 0 Å². The molecule has 0 saturated carbocycles. The second-order valence-corrected chi connectivity index (χ2v) is 3.37. The highest BCUT2D eigenvalue weighted by atomic mass is 19.1. The first-order valence-corrected chi connectivity index (χ1v) is 5.13. The van der Waals surface area contributed by atoms with Gasteiger partial charge in [-0.1, -0.05) is 6.07 Å². The van der Waals surface area contributed by atoms with Crippen molar-refractivity contribution >= 4 is 0 Å². The van der Waals surface area contributed by atoms with E-state index in [1.807, 2.05) is 13.1 Å². The number of nitrogens with one attached hydrogen (secondary N) is 1. The van der Waals surface area contributed by atoms with Crippen LogP contribution in [0.5, 0.6) is 5.75 Å².